The molecular weight excluding hydrogens is 272 g/mol. The number of hydrogen-bond acceptors (Lipinski definition) is 2. The van der Waals surface area contributed by atoms with E-state index in [1.165, 1.54) is 11.1 Å². The molecule has 2 heteroatoms. The minimum Gasteiger partial charge on any atom is -0.453 e. The van der Waals surface area contributed by atoms with Gasteiger partial charge in [0.2, 0.25) is 0 Å². The molecule has 0 saturated carbocycles. The Morgan fingerprint density at radius 3 is 2.00 bits per heavy atom. The summed E-state index contributed by atoms with van der Waals surface area (Å²) in [6.45, 7) is 2.11. The van der Waals surface area contributed by atoms with Crippen molar-refractivity contribution in [2.24, 2.45) is 0 Å². The number of rotatable bonds is 5. The van der Waals surface area contributed by atoms with Gasteiger partial charge in [0.1, 0.15) is 6.10 Å². The molecule has 1 heterocycles. The van der Waals surface area contributed by atoms with Crippen molar-refractivity contribution in [1.29, 1.82) is 0 Å². The Morgan fingerprint density at radius 1 is 1.00 bits per heavy atom. The van der Waals surface area contributed by atoms with Crippen molar-refractivity contribution in [2.75, 3.05) is 0 Å². The second-order valence-electron chi connectivity index (χ2n) is 5.57. The lowest BCUT2D eigenvalue weighted by molar-refractivity contribution is -0.157. The number of carbonyl (C=O) groups is 1. The highest BCUT2D eigenvalue weighted by atomic mass is 16.6. The van der Waals surface area contributed by atoms with Crippen LogP contribution in [-0.2, 0) is 9.53 Å². The highest BCUT2D eigenvalue weighted by Gasteiger charge is 2.42. The molecule has 3 rings (SSSR count). The first-order chi connectivity index (χ1) is 10.8. The van der Waals surface area contributed by atoms with Crippen LogP contribution < -0.4 is 0 Å². The van der Waals surface area contributed by atoms with Gasteiger partial charge in [0.05, 0.1) is 11.5 Å². The molecule has 0 spiro atoms. The van der Waals surface area contributed by atoms with Crippen molar-refractivity contribution in [3.8, 4) is 0 Å². The number of unbranched alkanes of at least 4 members (excludes halogenated alkanes) is 1. The molecule has 0 aliphatic carbocycles. The smallest absolute Gasteiger partial charge is 0.338 e. The lowest BCUT2D eigenvalue weighted by atomic mass is 9.80. The first-order valence-corrected chi connectivity index (χ1v) is 7.82. The zero-order valence-electron chi connectivity index (χ0n) is 12.7. The Hall–Kier alpha value is -2.35. The van der Waals surface area contributed by atoms with Gasteiger partial charge >= 0.3 is 5.97 Å². The molecule has 1 aliphatic rings. The summed E-state index contributed by atoms with van der Waals surface area (Å²) in [6.07, 6.45) is 3.81. The number of ether oxygens (including phenoxy) is 1. The van der Waals surface area contributed by atoms with Gasteiger partial charge in [-0.05, 0) is 17.5 Å². The van der Waals surface area contributed by atoms with Gasteiger partial charge < -0.3 is 4.74 Å². The van der Waals surface area contributed by atoms with Crippen LogP contribution in [-0.4, -0.2) is 12.1 Å². The quantitative estimate of drug-likeness (QED) is 0.600. The molecule has 2 aromatic rings. The lowest BCUT2D eigenvalue weighted by Crippen LogP contribution is -2.41. The van der Waals surface area contributed by atoms with E-state index in [2.05, 4.69) is 31.2 Å². The van der Waals surface area contributed by atoms with Gasteiger partial charge in [0.25, 0.3) is 0 Å². The SMILES string of the molecule is CCC/C=C1\C(=O)OC1C(c1ccccc1)c1ccccc1. The Morgan fingerprint density at radius 2 is 1.55 bits per heavy atom. The van der Waals surface area contributed by atoms with Crippen LogP contribution in [0.2, 0.25) is 0 Å². The minimum absolute atomic E-state index is 0.0585. The molecular formula is C20H20O2. The second-order valence-corrected chi connectivity index (χ2v) is 5.57. The van der Waals surface area contributed by atoms with E-state index < -0.39 is 0 Å². The topological polar surface area (TPSA) is 26.3 Å². The normalized spacial score (nSPS) is 19.1. The van der Waals surface area contributed by atoms with Crippen molar-refractivity contribution in [2.45, 2.75) is 31.8 Å². The Labute approximate surface area is 131 Å². The van der Waals surface area contributed by atoms with Crippen LogP contribution in [0.3, 0.4) is 0 Å². The summed E-state index contributed by atoms with van der Waals surface area (Å²) in [5, 5.41) is 0. The van der Waals surface area contributed by atoms with E-state index in [-0.39, 0.29) is 18.0 Å². The first-order valence-electron chi connectivity index (χ1n) is 7.82. The van der Waals surface area contributed by atoms with Crippen LogP contribution in [0, 0.1) is 0 Å². The van der Waals surface area contributed by atoms with Crippen molar-refractivity contribution < 1.29 is 9.53 Å². The fourth-order valence-corrected chi connectivity index (χ4v) is 2.91. The van der Waals surface area contributed by atoms with Crippen molar-refractivity contribution in [3.05, 3.63) is 83.4 Å². The van der Waals surface area contributed by atoms with Crippen molar-refractivity contribution in [3.63, 3.8) is 0 Å². The highest BCUT2D eigenvalue weighted by Crippen LogP contribution is 2.39. The standard InChI is InChI=1S/C20H20O2/c1-2-3-14-17-19(22-20(17)21)18(15-10-6-4-7-11-15)16-12-8-5-9-13-16/h4-14,18-19H,2-3H2,1H3/b17-14-. The van der Waals surface area contributed by atoms with Gasteiger partial charge in [-0.1, -0.05) is 80.1 Å². The molecule has 0 bridgehead atoms. The summed E-state index contributed by atoms with van der Waals surface area (Å²) in [7, 11) is 0. The molecule has 1 fully saturated rings. The number of hydrogen-bond donors (Lipinski definition) is 0. The first kappa shape index (κ1) is 14.6. The number of allylic oxidation sites excluding steroid dienone is 1. The summed E-state index contributed by atoms with van der Waals surface area (Å²) in [6, 6.07) is 20.5. The average Bonchev–Trinajstić information content (AvgIpc) is 2.57. The Balaban J connectivity index is 1.98. The van der Waals surface area contributed by atoms with E-state index >= 15 is 0 Å². The number of carbonyl (C=O) groups excluding carboxylic acids is 1. The molecule has 0 aromatic heterocycles. The molecule has 0 N–H and O–H groups in total. The van der Waals surface area contributed by atoms with E-state index in [9.17, 15) is 4.79 Å². The monoisotopic (exact) mass is 292 g/mol. The van der Waals surface area contributed by atoms with E-state index in [1.807, 2.05) is 42.5 Å². The van der Waals surface area contributed by atoms with Gasteiger partial charge in [-0.2, -0.15) is 0 Å². The van der Waals surface area contributed by atoms with Gasteiger partial charge in [0, 0.05) is 0 Å². The zero-order chi connectivity index (χ0) is 15.4. The van der Waals surface area contributed by atoms with E-state index in [0.717, 1.165) is 18.4 Å². The second kappa shape index (κ2) is 6.61. The average molecular weight is 292 g/mol. The van der Waals surface area contributed by atoms with E-state index in [1.54, 1.807) is 0 Å². The predicted molar refractivity (Wildman–Crippen MR) is 87.6 cm³/mol. The maximum Gasteiger partial charge on any atom is 0.338 e. The zero-order valence-corrected chi connectivity index (χ0v) is 12.7. The maximum absolute atomic E-state index is 11.8. The largest absolute Gasteiger partial charge is 0.453 e. The molecule has 0 amide bonds. The van der Waals surface area contributed by atoms with Gasteiger partial charge in [-0.15, -0.1) is 0 Å². The number of esters is 1. The summed E-state index contributed by atoms with van der Waals surface area (Å²) in [4.78, 5) is 11.8. The molecule has 2 aromatic carbocycles. The van der Waals surface area contributed by atoms with Crippen LogP contribution in [0.15, 0.2) is 72.3 Å². The Bertz CT molecular complexity index is 619. The molecule has 1 aliphatic heterocycles. The third kappa shape index (κ3) is 2.82. The van der Waals surface area contributed by atoms with Crippen LogP contribution in [0.25, 0.3) is 0 Å². The third-order valence-electron chi connectivity index (χ3n) is 4.05. The van der Waals surface area contributed by atoms with Crippen LogP contribution >= 0.6 is 0 Å². The van der Waals surface area contributed by atoms with E-state index in [4.69, 9.17) is 4.74 Å². The van der Waals surface area contributed by atoms with Gasteiger partial charge in [-0.25, -0.2) is 4.79 Å². The molecule has 0 radical (unpaired) electrons. The molecule has 2 nitrogen and oxygen atoms in total. The fourth-order valence-electron chi connectivity index (χ4n) is 2.91. The molecule has 1 unspecified atom stereocenters. The maximum atomic E-state index is 11.8. The molecule has 22 heavy (non-hydrogen) atoms. The predicted octanol–water partition coefficient (Wildman–Crippen LogP) is 4.47. The highest BCUT2D eigenvalue weighted by molar-refractivity contribution is 5.96. The fraction of sp³-hybridized carbons (Fsp3) is 0.250. The van der Waals surface area contributed by atoms with Crippen LogP contribution in [0.5, 0.6) is 0 Å². The minimum atomic E-state index is -0.177. The van der Waals surface area contributed by atoms with Crippen molar-refractivity contribution >= 4 is 5.97 Å². The van der Waals surface area contributed by atoms with Gasteiger partial charge in [0.15, 0.2) is 0 Å². The third-order valence-corrected chi connectivity index (χ3v) is 4.05. The molecule has 112 valence electrons. The molecule has 1 saturated heterocycles. The van der Waals surface area contributed by atoms with Crippen LogP contribution in [0.1, 0.15) is 36.8 Å². The summed E-state index contributed by atoms with van der Waals surface area (Å²) in [5.41, 5.74) is 3.17. The summed E-state index contributed by atoms with van der Waals surface area (Å²) < 4.78 is 5.51. The lowest BCUT2D eigenvalue weighted by Gasteiger charge is -2.36. The van der Waals surface area contributed by atoms with E-state index in [0.29, 0.717) is 0 Å². The number of benzene rings is 2. The van der Waals surface area contributed by atoms with Crippen LogP contribution in [0.4, 0.5) is 0 Å². The van der Waals surface area contributed by atoms with Crippen molar-refractivity contribution in [1.82, 2.24) is 0 Å². The molecule has 1 atom stereocenters. The Kier molecular flexibility index (Phi) is 4.38. The summed E-state index contributed by atoms with van der Waals surface area (Å²) >= 11 is 0. The number of cyclic esters (lactones) is 1. The summed E-state index contributed by atoms with van der Waals surface area (Å²) in [5.74, 6) is -0.112. The van der Waals surface area contributed by atoms with Gasteiger partial charge in [-0.3, -0.25) is 0 Å².